The lowest BCUT2D eigenvalue weighted by Gasteiger charge is -2.40. The average molecular weight is 784 g/mol. The number of carbonyl (C=O) groups excluding carboxylic acids is 4. The molecule has 0 spiro atoms. The van der Waals surface area contributed by atoms with Gasteiger partial charge in [0, 0.05) is 81.4 Å². The molecule has 5 heterocycles. The summed E-state index contributed by atoms with van der Waals surface area (Å²) >= 11 is 0. The highest BCUT2D eigenvalue weighted by Gasteiger charge is 2.36. The second-order valence-electron chi connectivity index (χ2n) is 15.4. The standard InChI is InChI=1S/C43H49N11O4/c1-2-3-37(42(57)48-28-56)53-25-32-22-35(12-13-36(32)43(53)58)52-20-18-50(19-21-52)24-30-14-16-51(17-15-30)33-8-10-34(11-9-33)54-41-38(40(44)46-26-47-41)39(49-54)31-6-4-29(5-7-31)23-45-27-55/h4-13,22,26-28,30,37H,2-3,14-21,23-25H2,1H3,(H,45,55)(H2,44,46,47)(H,48,56,57). The van der Waals surface area contributed by atoms with Gasteiger partial charge in [0.05, 0.1) is 11.1 Å². The summed E-state index contributed by atoms with van der Waals surface area (Å²) in [4.78, 5) is 65.3. The van der Waals surface area contributed by atoms with Crippen molar-refractivity contribution in [1.82, 2.24) is 40.2 Å². The Labute approximate surface area is 337 Å². The summed E-state index contributed by atoms with van der Waals surface area (Å²) in [5.74, 6) is 0.421. The van der Waals surface area contributed by atoms with Crippen LogP contribution in [0, 0.1) is 5.92 Å². The third kappa shape index (κ3) is 7.81. The number of anilines is 3. The first-order chi connectivity index (χ1) is 28.3. The number of hydrogen-bond acceptors (Lipinski definition) is 11. The highest BCUT2D eigenvalue weighted by atomic mass is 16.2. The third-order valence-electron chi connectivity index (χ3n) is 11.8. The van der Waals surface area contributed by atoms with Gasteiger partial charge in [-0.15, -0.1) is 0 Å². The molecule has 15 nitrogen and oxygen atoms in total. The Kier molecular flexibility index (Phi) is 11.3. The van der Waals surface area contributed by atoms with Crippen LogP contribution in [0.2, 0.25) is 0 Å². The molecule has 3 aliphatic heterocycles. The van der Waals surface area contributed by atoms with Crippen molar-refractivity contribution in [2.24, 2.45) is 5.92 Å². The van der Waals surface area contributed by atoms with Crippen LogP contribution < -0.4 is 26.2 Å². The van der Waals surface area contributed by atoms with Gasteiger partial charge in [0.15, 0.2) is 5.65 Å². The predicted octanol–water partition coefficient (Wildman–Crippen LogP) is 3.75. The number of piperazine rings is 1. The molecule has 5 aromatic rings. The number of piperidine rings is 1. The van der Waals surface area contributed by atoms with Crippen LogP contribution in [0.3, 0.4) is 0 Å². The minimum absolute atomic E-state index is 0.154. The maximum Gasteiger partial charge on any atom is 0.255 e. The summed E-state index contributed by atoms with van der Waals surface area (Å²) in [6, 6.07) is 21.7. The number of imide groups is 1. The molecule has 1 atom stereocenters. The lowest BCUT2D eigenvalue weighted by Crippen LogP contribution is -2.49. The molecule has 3 aliphatic rings. The number of nitrogens with zero attached hydrogens (tertiary/aromatic N) is 8. The zero-order valence-corrected chi connectivity index (χ0v) is 32.7. The van der Waals surface area contributed by atoms with Crippen LogP contribution in [0.25, 0.3) is 28.0 Å². The number of rotatable bonds is 14. The van der Waals surface area contributed by atoms with Crippen molar-refractivity contribution < 1.29 is 19.2 Å². The number of nitrogen functional groups attached to an aromatic ring is 1. The normalized spacial score (nSPS) is 16.7. The monoisotopic (exact) mass is 783 g/mol. The number of aromatic nitrogens is 4. The Morgan fingerprint density at radius 3 is 2.29 bits per heavy atom. The topological polar surface area (TPSA) is 175 Å². The SMILES string of the molecule is CCCC(C(=O)NC=O)N1Cc2cc(N3CCN(CC4CCN(c5ccc(-n6nc(-c7ccc(CNC=O)cc7)c7c(N)ncnc76)cc5)CC4)CC3)ccc2C1=O. The third-order valence-corrected chi connectivity index (χ3v) is 11.8. The molecule has 4 N–H and O–H groups in total. The van der Waals surface area contributed by atoms with Crippen molar-refractivity contribution in [2.45, 2.75) is 51.7 Å². The van der Waals surface area contributed by atoms with Crippen LogP contribution in [0.1, 0.15) is 54.1 Å². The van der Waals surface area contributed by atoms with Crippen LogP contribution in [-0.4, -0.2) is 106 Å². The van der Waals surface area contributed by atoms with Crippen LogP contribution in [-0.2, 0) is 27.5 Å². The molecular formula is C43H49N11O4. The lowest BCUT2D eigenvalue weighted by atomic mass is 9.95. The summed E-state index contributed by atoms with van der Waals surface area (Å²) in [5, 5.41) is 10.6. The van der Waals surface area contributed by atoms with E-state index in [0.29, 0.717) is 66.4 Å². The Hall–Kier alpha value is -6.35. The van der Waals surface area contributed by atoms with Crippen LogP contribution in [0.5, 0.6) is 0 Å². The molecule has 58 heavy (non-hydrogen) atoms. The molecule has 0 saturated carbocycles. The van der Waals surface area contributed by atoms with E-state index < -0.39 is 11.9 Å². The molecule has 3 aromatic carbocycles. The van der Waals surface area contributed by atoms with Gasteiger partial charge in [0.25, 0.3) is 5.91 Å². The molecule has 2 saturated heterocycles. The van der Waals surface area contributed by atoms with Gasteiger partial charge in [-0.3, -0.25) is 29.4 Å². The van der Waals surface area contributed by atoms with Gasteiger partial charge in [-0.05, 0) is 78.8 Å². The zero-order valence-electron chi connectivity index (χ0n) is 32.7. The zero-order chi connectivity index (χ0) is 40.2. The van der Waals surface area contributed by atoms with Gasteiger partial charge in [-0.25, -0.2) is 14.6 Å². The lowest BCUT2D eigenvalue weighted by molar-refractivity contribution is -0.129. The van der Waals surface area contributed by atoms with Gasteiger partial charge in [0.1, 0.15) is 23.9 Å². The summed E-state index contributed by atoms with van der Waals surface area (Å²) < 4.78 is 1.82. The summed E-state index contributed by atoms with van der Waals surface area (Å²) in [7, 11) is 0. The fraction of sp³-hybridized carbons (Fsp3) is 0.372. The number of hydrogen-bond donors (Lipinski definition) is 3. The minimum atomic E-state index is -0.662. The van der Waals surface area contributed by atoms with E-state index >= 15 is 0 Å². The van der Waals surface area contributed by atoms with Crippen molar-refractivity contribution in [1.29, 1.82) is 0 Å². The fourth-order valence-electron chi connectivity index (χ4n) is 8.66. The van der Waals surface area contributed by atoms with E-state index in [4.69, 9.17) is 10.8 Å². The van der Waals surface area contributed by atoms with Gasteiger partial charge in [0.2, 0.25) is 18.7 Å². The maximum absolute atomic E-state index is 13.2. The summed E-state index contributed by atoms with van der Waals surface area (Å²) in [6.45, 7) is 9.68. The molecule has 0 bridgehead atoms. The molecule has 0 radical (unpaired) electrons. The molecule has 300 valence electrons. The first kappa shape index (κ1) is 38.5. The average Bonchev–Trinajstić information content (AvgIpc) is 3.81. The number of benzene rings is 3. The molecular weight excluding hydrogens is 735 g/mol. The molecule has 2 aromatic heterocycles. The Morgan fingerprint density at radius 1 is 0.879 bits per heavy atom. The minimum Gasteiger partial charge on any atom is -0.383 e. The Balaban J connectivity index is 0.845. The summed E-state index contributed by atoms with van der Waals surface area (Å²) in [6.07, 6.45) is 6.03. The van der Waals surface area contributed by atoms with Crippen LogP contribution >= 0.6 is 0 Å². The highest BCUT2D eigenvalue weighted by molar-refractivity contribution is 6.02. The van der Waals surface area contributed by atoms with E-state index in [0.717, 1.165) is 93.1 Å². The van der Waals surface area contributed by atoms with Crippen molar-refractivity contribution in [3.8, 4) is 16.9 Å². The number of fused-ring (bicyclic) bond motifs is 2. The quantitative estimate of drug-likeness (QED) is 0.140. The largest absolute Gasteiger partial charge is 0.383 e. The fourth-order valence-corrected chi connectivity index (χ4v) is 8.66. The Morgan fingerprint density at radius 2 is 1.59 bits per heavy atom. The molecule has 4 amide bonds. The van der Waals surface area contributed by atoms with Gasteiger partial charge >= 0.3 is 0 Å². The number of amides is 4. The van der Waals surface area contributed by atoms with Crippen molar-refractivity contribution in [3.63, 3.8) is 0 Å². The molecule has 1 unspecified atom stereocenters. The van der Waals surface area contributed by atoms with E-state index in [1.165, 1.54) is 12.0 Å². The molecule has 0 aliphatic carbocycles. The van der Waals surface area contributed by atoms with Crippen molar-refractivity contribution in [2.75, 3.05) is 61.3 Å². The van der Waals surface area contributed by atoms with E-state index in [1.54, 1.807) is 4.90 Å². The van der Waals surface area contributed by atoms with Crippen molar-refractivity contribution >= 4 is 52.9 Å². The van der Waals surface area contributed by atoms with Crippen LogP contribution in [0.15, 0.2) is 73.1 Å². The number of nitrogens with one attached hydrogen (secondary N) is 2. The Bertz CT molecular complexity index is 2280. The molecule has 15 heteroatoms. The van der Waals surface area contributed by atoms with Crippen molar-refractivity contribution in [3.05, 3.63) is 89.7 Å². The van der Waals surface area contributed by atoms with E-state index in [2.05, 4.69) is 65.6 Å². The van der Waals surface area contributed by atoms with Crippen LogP contribution in [0.4, 0.5) is 17.2 Å². The molecule has 8 rings (SSSR count). The van der Waals surface area contributed by atoms with E-state index in [1.807, 2.05) is 48.0 Å². The summed E-state index contributed by atoms with van der Waals surface area (Å²) in [5.41, 5.74) is 14.3. The number of carbonyl (C=O) groups is 4. The smallest absolute Gasteiger partial charge is 0.255 e. The first-order valence-electron chi connectivity index (χ1n) is 20.1. The van der Waals surface area contributed by atoms with Gasteiger partial charge < -0.3 is 25.8 Å². The molecule has 2 fully saturated rings. The van der Waals surface area contributed by atoms with E-state index in [-0.39, 0.29) is 5.91 Å². The first-order valence-corrected chi connectivity index (χ1v) is 20.1. The second-order valence-corrected chi connectivity index (χ2v) is 15.4. The second kappa shape index (κ2) is 17.0. The van der Waals surface area contributed by atoms with Gasteiger partial charge in [-0.2, -0.15) is 5.10 Å². The predicted molar refractivity (Wildman–Crippen MR) is 222 cm³/mol. The maximum atomic E-state index is 13.2. The van der Waals surface area contributed by atoms with Gasteiger partial charge in [-0.1, -0.05) is 37.6 Å². The van der Waals surface area contributed by atoms with E-state index in [9.17, 15) is 19.2 Å². The number of nitrogens with two attached hydrogens (primary N) is 1. The highest BCUT2D eigenvalue weighted by Crippen LogP contribution is 2.34.